The van der Waals surface area contributed by atoms with Gasteiger partial charge in [-0.15, -0.1) is 10.2 Å². The van der Waals surface area contributed by atoms with Crippen molar-refractivity contribution in [2.45, 2.75) is 21.6 Å². The summed E-state index contributed by atoms with van der Waals surface area (Å²) in [7, 11) is -8.51. The van der Waals surface area contributed by atoms with Gasteiger partial charge in [0, 0.05) is 5.39 Å². The molecule has 12 heteroatoms. The number of aryl methyl sites for hydroxylation is 1. The Balaban J connectivity index is 0.00000342. The van der Waals surface area contributed by atoms with Gasteiger partial charge >= 0.3 is 29.6 Å². The predicted molar refractivity (Wildman–Crippen MR) is 125 cm³/mol. The number of nitrogens with zero attached hydrogens (tertiary/aromatic N) is 2. The van der Waals surface area contributed by atoms with Gasteiger partial charge in [-0.25, -0.2) is 8.42 Å². The zero-order valence-corrected chi connectivity index (χ0v) is 22.3. The third-order valence-electron chi connectivity index (χ3n) is 5.10. The van der Waals surface area contributed by atoms with E-state index in [0.29, 0.717) is 0 Å². The van der Waals surface area contributed by atoms with Gasteiger partial charge in [0.1, 0.15) is 11.4 Å². The van der Waals surface area contributed by atoms with E-state index < -0.39 is 30.6 Å². The van der Waals surface area contributed by atoms with Gasteiger partial charge in [-0.05, 0) is 54.8 Å². The SMILES string of the molecule is Cc1ccc(S(=O)(=O)c2ccccc2N=Nc2c(N)ccc3cc(S(=O)(=O)O)cc([O-])c23)cc1.[Na+]. The van der Waals surface area contributed by atoms with E-state index in [1.165, 1.54) is 36.4 Å². The second-order valence-electron chi connectivity index (χ2n) is 7.48. The first kappa shape index (κ1) is 26.8. The molecule has 0 saturated carbocycles. The maximum Gasteiger partial charge on any atom is 1.00 e. The van der Waals surface area contributed by atoms with Crippen LogP contribution in [0.15, 0.2) is 97.7 Å². The topological polar surface area (TPSA) is 162 Å². The van der Waals surface area contributed by atoms with Gasteiger partial charge in [0.25, 0.3) is 10.1 Å². The maximum absolute atomic E-state index is 13.2. The van der Waals surface area contributed by atoms with Crippen LogP contribution in [0.3, 0.4) is 0 Å². The number of sulfone groups is 1. The molecule has 0 amide bonds. The molecule has 0 spiro atoms. The average Bonchev–Trinajstić information content (AvgIpc) is 2.78. The summed E-state index contributed by atoms with van der Waals surface area (Å²) in [4.78, 5) is -0.561. The van der Waals surface area contributed by atoms with Crippen LogP contribution in [-0.2, 0) is 20.0 Å². The molecule has 0 atom stereocenters. The fraction of sp³-hybridized carbons (Fsp3) is 0.0435. The molecule has 3 N–H and O–H groups in total. The Morgan fingerprint density at radius 2 is 1.51 bits per heavy atom. The number of benzene rings is 4. The van der Waals surface area contributed by atoms with E-state index in [2.05, 4.69) is 10.2 Å². The molecular formula is C23H18N3NaO6S2. The Kier molecular flexibility index (Phi) is 7.70. The van der Waals surface area contributed by atoms with Crippen molar-refractivity contribution in [3.8, 4) is 5.75 Å². The molecule has 4 aromatic carbocycles. The van der Waals surface area contributed by atoms with Crippen molar-refractivity contribution in [3.05, 3.63) is 78.4 Å². The molecule has 0 radical (unpaired) electrons. The van der Waals surface area contributed by atoms with E-state index in [1.54, 1.807) is 24.3 Å². The van der Waals surface area contributed by atoms with E-state index in [4.69, 9.17) is 5.73 Å². The molecule has 0 aromatic heterocycles. The van der Waals surface area contributed by atoms with Crippen LogP contribution in [-0.4, -0.2) is 21.4 Å². The average molecular weight is 520 g/mol. The second kappa shape index (κ2) is 10.1. The first-order valence-corrected chi connectivity index (χ1v) is 12.7. The maximum atomic E-state index is 13.2. The van der Waals surface area contributed by atoms with E-state index >= 15 is 0 Å². The minimum Gasteiger partial charge on any atom is -0.872 e. The van der Waals surface area contributed by atoms with Crippen molar-refractivity contribution < 1.29 is 56.1 Å². The van der Waals surface area contributed by atoms with Crippen LogP contribution in [0.4, 0.5) is 17.1 Å². The van der Waals surface area contributed by atoms with Crippen LogP contribution in [0.5, 0.6) is 5.75 Å². The summed E-state index contributed by atoms with van der Waals surface area (Å²) in [6.45, 7) is 1.84. The van der Waals surface area contributed by atoms with Gasteiger partial charge in [-0.2, -0.15) is 8.42 Å². The van der Waals surface area contributed by atoms with Gasteiger partial charge < -0.3 is 10.8 Å². The van der Waals surface area contributed by atoms with Gasteiger partial charge in [-0.3, -0.25) is 4.55 Å². The van der Waals surface area contributed by atoms with Crippen molar-refractivity contribution in [1.29, 1.82) is 0 Å². The van der Waals surface area contributed by atoms with Crippen LogP contribution in [0.1, 0.15) is 5.56 Å². The Hall–Kier alpha value is -2.80. The Morgan fingerprint density at radius 3 is 2.17 bits per heavy atom. The van der Waals surface area contributed by atoms with Gasteiger partial charge in [0.15, 0.2) is 0 Å². The zero-order chi connectivity index (χ0) is 24.7. The van der Waals surface area contributed by atoms with Gasteiger partial charge in [0.05, 0.1) is 20.4 Å². The number of hydrogen-bond acceptors (Lipinski definition) is 8. The van der Waals surface area contributed by atoms with E-state index in [1.807, 2.05) is 6.92 Å². The van der Waals surface area contributed by atoms with Crippen LogP contribution in [0.2, 0.25) is 0 Å². The fourth-order valence-corrected chi connectivity index (χ4v) is 5.29. The van der Waals surface area contributed by atoms with Crippen LogP contribution in [0.25, 0.3) is 10.8 Å². The zero-order valence-electron chi connectivity index (χ0n) is 18.7. The third-order valence-corrected chi connectivity index (χ3v) is 7.75. The number of nitrogen functional groups attached to an aromatic ring is 1. The summed E-state index contributed by atoms with van der Waals surface area (Å²) in [6, 6.07) is 17.0. The molecule has 0 fully saturated rings. The molecule has 0 heterocycles. The minimum atomic E-state index is -4.60. The monoisotopic (exact) mass is 519 g/mol. The Labute approximate surface area is 224 Å². The van der Waals surface area contributed by atoms with E-state index in [0.717, 1.165) is 17.7 Å². The van der Waals surface area contributed by atoms with Crippen molar-refractivity contribution in [2.75, 3.05) is 5.73 Å². The molecule has 0 saturated heterocycles. The smallest absolute Gasteiger partial charge is 0.872 e. The Bertz CT molecular complexity index is 1670. The van der Waals surface area contributed by atoms with E-state index in [-0.39, 0.29) is 67.2 Å². The van der Waals surface area contributed by atoms with Gasteiger partial charge in [0.2, 0.25) is 9.84 Å². The van der Waals surface area contributed by atoms with Crippen LogP contribution < -0.4 is 40.4 Å². The number of azo groups is 1. The molecule has 0 unspecified atom stereocenters. The first-order valence-electron chi connectivity index (χ1n) is 9.82. The molecule has 4 rings (SSSR count). The number of nitrogens with two attached hydrogens (primary N) is 1. The molecule has 0 aliphatic heterocycles. The Morgan fingerprint density at radius 1 is 0.857 bits per heavy atom. The van der Waals surface area contributed by atoms with Crippen molar-refractivity contribution in [3.63, 3.8) is 0 Å². The number of fused-ring (bicyclic) bond motifs is 1. The van der Waals surface area contributed by atoms with Crippen LogP contribution in [0, 0.1) is 6.92 Å². The summed E-state index contributed by atoms with van der Waals surface area (Å²) in [5, 5.41) is 20.9. The molecule has 0 aliphatic carbocycles. The second-order valence-corrected chi connectivity index (χ2v) is 10.8. The van der Waals surface area contributed by atoms with Crippen LogP contribution >= 0.6 is 0 Å². The molecule has 174 valence electrons. The van der Waals surface area contributed by atoms with Gasteiger partial charge in [-0.1, -0.05) is 41.6 Å². The fourth-order valence-electron chi connectivity index (χ4n) is 3.37. The van der Waals surface area contributed by atoms with Crippen molar-refractivity contribution >= 4 is 47.8 Å². The van der Waals surface area contributed by atoms with Crippen molar-refractivity contribution in [1.82, 2.24) is 0 Å². The first-order chi connectivity index (χ1) is 16.0. The standard InChI is InChI=1S/C23H19N3O6S2.Na/c1-14-6-9-16(10-7-14)33(28,29)21-5-3-2-4-19(21)25-26-23-18(24)11-8-15-12-17(34(30,31)32)13-20(27)22(15)23;/h2-13,27H,24H2,1H3,(H,30,31,32);/q;+1/p-1. The summed E-state index contributed by atoms with van der Waals surface area (Å²) < 4.78 is 58.5. The van der Waals surface area contributed by atoms with E-state index in [9.17, 15) is 26.5 Å². The summed E-state index contributed by atoms with van der Waals surface area (Å²) in [5.41, 5.74) is 6.96. The molecular weight excluding hydrogens is 501 g/mol. The molecule has 35 heavy (non-hydrogen) atoms. The predicted octanol–water partition coefficient (Wildman–Crippen LogP) is 1.30. The normalized spacial score (nSPS) is 12.1. The largest absolute Gasteiger partial charge is 1.00 e. The summed E-state index contributed by atoms with van der Waals surface area (Å²) in [6.07, 6.45) is 0. The number of anilines is 1. The number of hydrogen-bond donors (Lipinski definition) is 2. The molecule has 0 aliphatic rings. The quantitative estimate of drug-likeness (QED) is 0.174. The number of rotatable bonds is 5. The summed E-state index contributed by atoms with van der Waals surface area (Å²) >= 11 is 0. The molecule has 9 nitrogen and oxygen atoms in total. The van der Waals surface area contributed by atoms with Crippen molar-refractivity contribution in [2.24, 2.45) is 10.2 Å². The summed E-state index contributed by atoms with van der Waals surface area (Å²) in [5.74, 6) is -0.744. The third kappa shape index (κ3) is 5.40. The molecule has 0 bridgehead atoms. The molecule has 4 aromatic rings. The minimum absolute atomic E-state index is 0.